The van der Waals surface area contributed by atoms with E-state index >= 15 is 0 Å². The van der Waals surface area contributed by atoms with Crippen molar-refractivity contribution in [3.05, 3.63) is 29.8 Å². The first-order valence-corrected chi connectivity index (χ1v) is 4.47. The van der Waals surface area contributed by atoms with E-state index in [1.807, 2.05) is 6.92 Å². The van der Waals surface area contributed by atoms with E-state index in [-0.39, 0.29) is 6.04 Å². The highest BCUT2D eigenvalue weighted by molar-refractivity contribution is 5.23. The Morgan fingerprint density at radius 3 is 2.64 bits per heavy atom. The summed E-state index contributed by atoms with van der Waals surface area (Å²) in [5.41, 5.74) is 5.60. The van der Waals surface area contributed by atoms with Crippen LogP contribution in [0.4, 0.5) is 8.78 Å². The van der Waals surface area contributed by atoms with Gasteiger partial charge in [-0.15, -0.1) is 0 Å². The Kier molecular flexibility index (Phi) is 3.83. The van der Waals surface area contributed by atoms with Crippen molar-refractivity contribution in [2.45, 2.75) is 19.4 Å². The van der Waals surface area contributed by atoms with Crippen LogP contribution in [0.1, 0.15) is 13.3 Å². The van der Waals surface area contributed by atoms with Crippen molar-refractivity contribution in [3.63, 3.8) is 0 Å². The van der Waals surface area contributed by atoms with Crippen LogP contribution in [0, 0.1) is 11.6 Å². The third-order valence-corrected chi connectivity index (χ3v) is 1.88. The Labute approximate surface area is 81.7 Å². The molecule has 0 bridgehead atoms. The van der Waals surface area contributed by atoms with Crippen LogP contribution in [0.2, 0.25) is 0 Å². The molecule has 1 rings (SSSR count). The van der Waals surface area contributed by atoms with Crippen molar-refractivity contribution in [1.82, 2.24) is 0 Å². The van der Waals surface area contributed by atoms with E-state index in [9.17, 15) is 8.78 Å². The van der Waals surface area contributed by atoms with Gasteiger partial charge in [-0.3, -0.25) is 0 Å². The molecule has 0 saturated carbocycles. The minimum absolute atomic E-state index is 0.0804. The fourth-order valence-electron chi connectivity index (χ4n) is 0.888. The summed E-state index contributed by atoms with van der Waals surface area (Å²) in [5, 5.41) is 0. The fourth-order valence-corrected chi connectivity index (χ4v) is 0.888. The summed E-state index contributed by atoms with van der Waals surface area (Å²) in [6.45, 7) is 2.24. The van der Waals surface area contributed by atoms with E-state index in [4.69, 9.17) is 10.5 Å². The second kappa shape index (κ2) is 4.91. The highest BCUT2D eigenvalue weighted by Gasteiger charge is 2.04. The van der Waals surface area contributed by atoms with Gasteiger partial charge in [0.2, 0.25) is 0 Å². The normalized spacial score (nSPS) is 12.6. The fraction of sp³-hybridized carbons (Fsp3) is 0.400. The molecule has 2 nitrogen and oxygen atoms in total. The summed E-state index contributed by atoms with van der Waals surface area (Å²) < 4.78 is 30.4. The molecule has 2 N–H and O–H groups in total. The third-order valence-electron chi connectivity index (χ3n) is 1.88. The van der Waals surface area contributed by atoms with E-state index in [0.29, 0.717) is 12.4 Å². The maximum absolute atomic E-state index is 12.7. The van der Waals surface area contributed by atoms with Crippen LogP contribution in [0.5, 0.6) is 5.75 Å². The first-order chi connectivity index (χ1) is 6.63. The molecular formula is C10H13F2NO. The number of hydrogen-bond donors (Lipinski definition) is 1. The van der Waals surface area contributed by atoms with E-state index < -0.39 is 11.6 Å². The quantitative estimate of drug-likeness (QED) is 0.809. The summed E-state index contributed by atoms with van der Waals surface area (Å²) in [6, 6.07) is 3.34. The smallest absolute Gasteiger partial charge is 0.162 e. The van der Waals surface area contributed by atoms with Crippen molar-refractivity contribution in [2.75, 3.05) is 6.61 Å². The maximum Gasteiger partial charge on any atom is 0.162 e. The number of nitrogens with two attached hydrogens (primary N) is 1. The monoisotopic (exact) mass is 201 g/mol. The molecule has 1 atom stereocenters. The molecule has 1 aromatic carbocycles. The molecule has 4 heteroatoms. The first kappa shape index (κ1) is 10.9. The van der Waals surface area contributed by atoms with Crippen LogP contribution in [-0.4, -0.2) is 12.6 Å². The zero-order chi connectivity index (χ0) is 10.6. The Bertz CT molecular complexity index is 304. The van der Waals surface area contributed by atoms with Gasteiger partial charge in [0.05, 0.1) is 0 Å². The standard InChI is InChI=1S/C10H13F2NO/c1-2-7(13)6-14-8-3-4-9(11)10(12)5-8/h3-5,7H,2,6,13H2,1H3/t7-/m1/s1. The van der Waals surface area contributed by atoms with Crippen molar-refractivity contribution in [3.8, 4) is 5.75 Å². The van der Waals surface area contributed by atoms with E-state index in [1.165, 1.54) is 6.07 Å². The second-order valence-electron chi connectivity index (χ2n) is 3.06. The molecular weight excluding hydrogens is 188 g/mol. The van der Waals surface area contributed by atoms with Gasteiger partial charge in [0, 0.05) is 12.1 Å². The molecule has 0 aliphatic carbocycles. The Morgan fingerprint density at radius 2 is 2.07 bits per heavy atom. The van der Waals surface area contributed by atoms with Gasteiger partial charge >= 0.3 is 0 Å². The largest absolute Gasteiger partial charge is 0.492 e. The van der Waals surface area contributed by atoms with Crippen molar-refractivity contribution in [2.24, 2.45) is 5.73 Å². The van der Waals surface area contributed by atoms with Gasteiger partial charge in [0.15, 0.2) is 11.6 Å². The van der Waals surface area contributed by atoms with Gasteiger partial charge in [-0.1, -0.05) is 6.92 Å². The summed E-state index contributed by atoms with van der Waals surface area (Å²) >= 11 is 0. The van der Waals surface area contributed by atoms with Gasteiger partial charge in [-0.05, 0) is 18.6 Å². The van der Waals surface area contributed by atoms with Crippen LogP contribution >= 0.6 is 0 Å². The van der Waals surface area contributed by atoms with Crippen molar-refractivity contribution < 1.29 is 13.5 Å². The summed E-state index contributed by atoms with van der Waals surface area (Å²) in [5.74, 6) is -1.49. The molecule has 0 spiro atoms. The average molecular weight is 201 g/mol. The van der Waals surface area contributed by atoms with E-state index in [0.717, 1.165) is 18.6 Å². The van der Waals surface area contributed by atoms with E-state index in [2.05, 4.69) is 0 Å². The van der Waals surface area contributed by atoms with Crippen molar-refractivity contribution >= 4 is 0 Å². The van der Waals surface area contributed by atoms with Gasteiger partial charge in [0.25, 0.3) is 0 Å². The average Bonchev–Trinajstić information content (AvgIpc) is 2.19. The van der Waals surface area contributed by atoms with Gasteiger partial charge in [-0.2, -0.15) is 0 Å². The zero-order valence-corrected chi connectivity index (χ0v) is 7.97. The van der Waals surface area contributed by atoms with Crippen LogP contribution in [-0.2, 0) is 0 Å². The number of rotatable bonds is 4. The Morgan fingerprint density at radius 1 is 1.36 bits per heavy atom. The number of ether oxygens (including phenoxy) is 1. The second-order valence-corrected chi connectivity index (χ2v) is 3.06. The number of benzene rings is 1. The third kappa shape index (κ3) is 2.96. The lowest BCUT2D eigenvalue weighted by Gasteiger charge is -2.10. The van der Waals surface area contributed by atoms with Crippen LogP contribution in [0.3, 0.4) is 0 Å². The summed E-state index contributed by atoms with van der Waals surface area (Å²) in [6.07, 6.45) is 0.781. The molecule has 78 valence electrons. The first-order valence-electron chi connectivity index (χ1n) is 4.47. The highest BCUT2D eigenvalue weighted by atomic mass is 19.2. The zero-order valence-electron chi connectivity index (χ0n) is 7.97. The number of hydrogen-bond acceptors (Lipinski definition) is 2. The molecule has 0 amide bonds. The molecule has 0 radical (unpaired) electrons. The molecule has 0 saturated heterocycles. The Hall–Kier alpha value is -1.16. The molecule has 14 heavy (non-hydrogen) atoms. The van der Waals surface area contributed by atoms with Gasteiger partial charge in [0.1, 0.15) is 12.4 Å². The highest BCUT2D eigenvalue weighted by Crippen LogP contribution is 2.15. The topological polar surface area (TPSA) is 35.2 Å². The molecule has 1 aromatic rings. The molecule has 0 aliphatic rings. The van der Waals surface area contributed by atoms with E-state index in [1.54, 1.807) is 0 Å². The van der Waals surface area contributed by atoms with Crippen LogP contribution in [0.25, 0.3) is 0 Å². The summed E-state index contributed by atoms with van der Waals surface area (Å²) in [7, 11) is 0. The molecule has 0 fully saturated rings. The minimum Gasteiger partial charge on any atom is -0.492 e. The van der Waals surface area contributed by atoms with Crippen LogP contribution < -0.4 is 10.5 Å². The van der Waals surface area contributed by atoms with Crippen molar-refractivity contribution in [1.29, 1.82) is 0 Å². The molecule has 0 heterocycles. The van der Waals surface area contributed by atoms with Gasteiger partial charge in [-0.25, -0.2) is 8.78 Å². The predicted octanol–water partition coefficient (Wildman–Crippen LogP) is 2.08. The lowest BCUT2D eigenvalue weighted by molar-refractivity contribution is 0.283. The maximum atomic E-state index is 12.7. The SMILES string of the molecule is CC[C@@H](N)COc1ccc(F)c(F)c1. The number of halogens is 2. The minimum atomic E-state index is -0.910. The predicted molar refractivity (Wildman–Crippen MR) is 50.1 cm³/mol. The lowest BCUT2D eigenvalue weighted by atomic mass is 10.2. The molecule has 0 aliphatic heterocycles. The van der Waals surface area contributed by atoms with Gasteiger partial charge < -0.3 is 10.5 Å². The summed E-state index contributed by atoms with van der Waals surface area (Å²) in [4.78, 5) is 0. The molecule has 0 aromatic heterocycles. The molecule has 0 unspecified atom stereocenters. The van der Waals surface area contributed by atoms with Crippen LogP contribution in [0.15, 0.2) is 18.2 Å². The lowest BCUT2D eigenvalue weighted by Crippen LogP contribution is -2.26. The Balaban J connectivity index is 2.55.